The first-order valence-corrected chi connectivity index (χ1v) is 7.85. The van der Waals surface area contributed by atoms with Gasteiger partial charge < -0.3 is 14.6 Å². The molecule has 8 heteroatoms. The standard InChI is InChI=1S/C16H19ClN2O5/c1-16(2,3)15(22)24-9-19-8-18-11-6-10(20)7-12(23-5-4-17)13(11)14(19)21/h6-8,20H,4-5,9H2,1-3H3. The number of halogens is 1. The number of alkyl halides is 1. The molecule has 0 aliphatic carbocycles. The first-order valence-electron chi connectivity index (χ1n) is 7.32. The van der Waals surface area contributed by atoms with Crippen molar-refractivity contribution in [2.75, 3.05) is 12.5 Å². The molecule has 0 saturated carbocycles. The van der Waals surface area contributed by atoms with Crippen LogP contribution in [0.15, 0.2) is 23.3 Å². The highest BCUT2D eigenvalue weighted by Crippen LogP contribution is 2.27. The number of esters is 1. The van der Waals surface area contributed by atoms with Crippen LogP contribution in [0.5, 0.6) is 11.5 Å². The number of phenols is 1. The molecular weight excluding hydrogens is 336 g/mol. The molecule has 2 aromatic rings. The molecule has 0 spiro atoms. The lowest BCUT2D eigenvalue weighted by atomic mass is 9.98. The first kappa shape index (κ1) is 18.1. The molecule has 0 bridgehead atoms. The van der Waals surface area contributed by atoms with Gasteiger partial charge in [-0.15, -0.1) is 11.6 Å². The quantitative estimate of drug-likeness (QED) is 0.654. The van der Waals surface area contributed by atoms with E-state index in [1.807, 2.05) is 0 Å². The highest BCUT2D eigenvalue weighted by atomic mass is 35.5. The number of ether oxygens (including phenoxy) is 2. The Labute approximate surface area is 143 Å². The van der Waals surface area contributed by atoms with Crippen molar-refractivity contribution in [3.63, 3.8) is 0 Å². The summed E-state index contributed by atoms with van der Waals surface area (Å²) in [7, 11) is 0. The number of hydrogen-bond donors (Lipinski definition) is 1. The van der Waals surface area contributed by atoms with E-state index in [2.05, 4.69) is 4.98 Å². The third kappa shape index (κ3) is 3.97. The second-order valence-electron chi connectivity index (χ2n) is 6.21. The van der Waals surface area contributed by atoms with E-state index in [1.54, 1.807) is 20.8 Å². The first-order chi connectivity index (χ1) is 11.2. The lowest BCUT2D eigenvalue weighted by Crippen LogP contribution is -2.28. The molecule has 1 aromatic heterocycles. The Morgan fingerprint density at radius 1 is 1.38 bits per heavy atom. The van der Waals surface area contributed by atoms with Crippen molar-refractivity contribution >= 4 is 28.5 Å². The second-order valence-corrected chi connectivity index (χ2v) is 6.58. The fourth-order valence-corrected chi connectivity index (χ4v) is 2.01. The lowest BCUT2D eigenvalue weighted by Gasteiger charge is -2.17. The Morgan fingerprint density at radius 3 is 2.71 bits per heavy atom. The van der Waals surface area contributed by atoms with Crippen molar-refractivity contribution in [1.82, 2.24) is 9.55 Å². The number of benzene rings is 1. The molecule has 0 aliphatic rings. The molecule has 0 saturated heterocycles. The summed E-state index contributed by atoms with van der Waals surface area (Å²) in [5, 5.41) is 9.89. The van der Waals surface area contributed by atoms with Crippen LogP contribution < -0.4 is 10.3 Å². The zero-order chi connectivity index (χ0) is 17.9. The van der Waals surface area contributed by atoms with Gasteiger partial charge in [0.25, 0.3) is 5.56 Å². The van der Waals surface area contributed by atoms with E-state index >= 15 is 0 Å². The molecule has 0 unspecified atom stereocenters. The van der Waals surface area contributed by atoms with E-state index in [-0.39, 0.29) is 41.6 Å². The molecule has 0 radical (unpaired) electrons. The molecule has 2 rings (SSSR count). The minimum absolute atomic E-state index is 0.0733. The Bertz CT molecular complexity index is 810. The fraction of sp³-hybridized carbons (Fsp3) is 0.438. The van der Waals surface area contributed by atoms with Gasteiger partial charge in [-0.3, -0.25) is 14.2 Å². The van der Waals surface area contributed by atoms with Crippen LogP contribution in [0.25, 0.3) is 10.9 Å². The van der Waals surface area contributed by atoms with Crippen LogP contribution in [-0.4, -0.2) is 33.1 Å². The molecule has 0 fully saturated rings. The van der Waals surface area contributed by atoms with E-state index in [0.29, 0.717) is 0 Å². The number of aromatic hydroxyl groups is 1. The monoisotopic (exact) mass is 354 g/mol. The number of aromatic nitrogens is 2. The van der Waals surface area contributed by atoms with Gasteiger partial charge in [0.15, 0.2) is 6.73 Å². The maximum Gasteiger partial charge on any atom is 0.312 e. The predicted molar refractivity (Wildman–Crippen MR) is 89.4 cm³/mol. The molecule has 0 aliphatic heterocycles. The second kappa shape index (κ2) is 7.09. The van der Waals surface area contributed by atoms with E-state index in [9.17, 15) is 14.7 Å². The molecule has 1 aromatic carbocycles. The molecule has 7 nitrogen and oxygen atoms in total. The van der Waals surface area contributed by atoms with Gasteiger partial charge in [0, 0.05) is 12.1 Å². The van der Waals surface area contributed by atoms with E-state index < -0.39 is 16.9 Å². The zero-order valence-corrected chi connectivity index (χ0v) is 14.5. The summed E-state index contributed by atoms with van der Waals surface area (Å²) in [6.45, 7) is 5.08. The normalized spacial score (nSPS) is 11.5. The summed E-state index contributed by atoms with van der Waals surface area (Å²) >= 11 is 5.60. The van der Waals surface area contributed by atoms with Crippen LogP contribution in [0.4, 0.5) is 0 Å². The van der Waals surface area contributed by atoms with Crippen LogP contribution in [0.1, 0.15) is 20.8 Å². The van der Waals surface area contributed by atoms with Gasteiger partial charge in [-0.1, -0.05) is 0 Å². The number of carbonyl (C=O) groups excluding carboxylic acids is 1. The third-order valence-electron chi connectivity index (χ3n) is 3.16. The number of hydrogen-bond acceptors (Lipinski definition) is 6. The average Bonchev–Trinajstić information content (AvgIpc) is 2.50. The predicted octanol–water partition coefficient (Wildman–Crippen LogP) is 2.27. The van der Waals surface area contributed by atoms with Crippen molar-refractivity contribution in [1.29, 1.82) is 0 Å². The third-order valence-corrected chi connectivity index (χ3v) is 3.31. The van der Waals surface area contributed by atoms with Crippen molar-refractivity contribution in [2.45, 2.75) is 27.5 Å². The summed E-state index contributed by atoms with van der Waals surface area (Å²) in [6.07, 6.45) is 1.26. The molecule has 0 amide bonds. The summed E-state index contributed by atoms with van der Waals surface area (Å²) in [4.78, 5) is 28.6. The van der Waals surface area contributed by atoms with E-state index in [4.69, 9.17) is 21.1 Å². The van der Waals surface area contributed by atoms with Crippen molar-refractivity contribution in [3.05, 3.63) is 28.8 Å². The highest BCUT2D eigenvalue weighted by Gasteiger charge is 2.23. The lowest BCUT2D eigenvalue weighted by molar-refractivity contribution is -0.157. The smallest absolute Gasteiger partial charge is 0.312 e. The van der Waals surface area contributed by atoms with E-state index in [1.165, 1.54) is 18.5 Å². The summed E-state index contributed by atoms with van der Waals surface area (Å²) < 4.78 is 11.7. The molecule has 24 heavy (non-hydrogen) atoms. The number of phenolic OH excluding ortho intramolecular Hbond substituents is 1. The highest BCUT2D eigenvalue weighted by molar-refractivity contribution is 6.18. The molecule has 1 N–H and O–H groups in total. The SMILES string of the molecule is CC(C)(C)C(=O)OCn1cnc2cc(O)cc(OCCCl)c2c1=O. The molecule has 1 heterocycles. The van der Waals surface area contributed by atoms with Gasteiger partial charge in [-0.05, 0) is 20.8 Å². The van der Waals surface area contributed by atoms with Gasteiger partial charge in [0.05, 0.1) is 16.8 Å². The summed E-state index contributed by atoms with van der Waals surface area (Å²) in [5.74, 6) is -0.0937. The number of nitrogens with zero attached hydrogens (tertiary/aromatic N) is 2. The van der Waals surface area contributed by atoms with Crippen LogP contribution in [-0.2, 0) is 16.3 Å². The van der Waals surface area contributed by atoms with Gasteiger partial charge >= 0.3 is 5.97 Å². The van der Waals surface area contributed by atoms with Crippen LogP contribution in [0, 0.1) is 5.41 Å². The molecular formula is C16H19ClN2O5. The maximum atomic E-state index is 12.6. The largest absolute Gasteiger partial charge is 0.508 e. The topological polar surface area (TPSA) is 90.7 Å². The summed E-state index contributed by atoms with van der Waals surface area (Å²) in [6, 6.07) is 2.68. The van der Waals surface area contributed by atoms with Crippen molar-refractivity contribution < 1.29 is 19.4 Å². The average molecular weight is 355 g/mol. The van der Waals surface area contributed by atoms with Crippen LogP contribution >= 0.6 is 11.6 Å². The summed E-state index contributed by atoms with van der Waals surface area (Å²) in [5.41, 5.74) is -0.830. The van der Waals surface area contributed by atoms with Gasteiger partial charge in [-0.25, -0.2) is 4.98 Å². The van der Waals surface area contributed by atoms with Crippen molar-refractivity contribution in [2.24, 2.45) is 5.41 Å². The Kier molecular flexibility index (Phi) is 5.33. The fourth-order valence-electron chi connectivity index (χ4n) is 1.93. The molecule has 130 valence electrons. The zero-order valence-electron chi connectivity index (χ0n) is 13.7. The van der Waals surface area contributed by atoms with Gasteiger partial charge in [0.2, 0.25) is 0 Å². The van der Waals surface area contributed by atoms with E-state index in [0.717, 1.165) is 4.57 Å². The Morgan fingerprint density at radius 2 is 2.08 bits per heavy atom. The Hall–Kier alpha value is -2.28. The van der Waals surface area contributed by atoms with Crippen molar-refractivity contribution in [3.8, 4) is 11.5 Å². The maximum absolute atomic E-state index is 12.6. The number of carbonyl (C=O) groups is 1. The minimum atomic E-state index is -0.672. The van der Waals surface area contributed by atoms with Crippen LogP contribution in [0.2, 0.25) is 0 Å². The van der Waals surface area contributed by atoms with Gasteiger partial charge in [-0.2, -0.15) is 0 Å². The number of fused-ring (bicyclic) bond motifs is 1. The van der Waals surface area contributed by atoms with Gasteiger partial charge in [0.1, 0.15) is 29.8 Å². The number of rotatable bonds is 5. The Balaban J connectivity index is 2.40. The minimum Gasteiger partial charge on any atom is -0.508 e. The molecule has 0 atom stereocenters. The van der Waals surface area contributed by atoms with Crippen LogP contribution in [0.3, 0.4) is 0 Å².